The summed E-state index contributed by atoms with van der Waals surface area (Å²) in [6.07, 6.45) is 4.64. The maximum absolute atomic E-state index is 13.1. The van der Waals surface area contributed by atoms with Crippen LogP contribution in [0.3, 0.4) is 0 Å². The van der Waals surface area contributed by atoms with Gasteiger partial charge in [-0.05, 0) is 61.0 Å². The van der Waals surface area contributed by atoms with E-state index in [0.29, 0.717) is 11.8 Å². The summed E-state index contributed by atoms with van der Waals surface area (Å²) in [7, 11) is 0. The normalized spacial score (nSPS) is 24.8. The number of hydrogen-bond donors (Lipinski definition) is 2. The average Bonchev–Trinajstić information content (AvgIpc) is 3.55. The van der Waals surface area contributed by atoms with Crippen LogP contribution in [0.1, 0.15) is 64.5 Å². The second-order valence-corrected chi connectivity index (χ2v) is 10.0. The summed E-state index contributed by atoms with van der Waals surface area (Å²) in [6, 6.07) is 7.45. The topological polar surface area (TPSA) is 78.5 Å². The van der Waals surface area contributed by atoms with Gasteiger partial charge in [0.1, 0.15) is 12.1 Å². The summed E-state index contributed by atoms with van der Waals surface area (Å²) in [5, 5.41) is 5.88. The van der Waals surface area contributed by atoms with Gasteiger partial charge in [0.15, 0.2) is 0 Å². The number of amides is 4. The third kappa shape index (κ3) is 3.89. The van der Waals surface area contributed by atoms with Gasteiger partial charge >= 0.3 is 6.03 Å². The number of imide groups is 1. The van der Waals surface area contributed by atoms with Gasteiger partial charge in [-0.25, -0.2) is 4.79 Å². The van der Waals surface area contributed by atoms with Crippen molar-refractivity contribution in [3.63, 3.8) is 0 Å². The van der Waals surface area contributed by atoms with Gasteiger partial charge < -0.3 is 10.6 Å². The van der Waals surface area contributed by atoms with Crippen molar-refractivity contribution in [1.82, 2.24) is 15.5 Å². The molecular formula is C23H31N3O3. The smallest absolute Gasteiger partial charge is 0.325 e. The minimum Gasteiger partial charge on any atom is -0.351 e. The molecule has 2 aliphatic carbocycles. The second-order valence-electron chi connectivity index (χ2n) is 10.0. The van der Waals surface area contributed by atoms with Crippen molar-refractivity contribution in [1.29, 1.82) is 0 Å². The molecule has 4 amide bonds. The molecule has 3 aliphatic rings. The minimum atomic E-state index is -1.15. The van der Waals surface area contributed by atoms with Gasteiger partial charge in [-0.1, -0.05) is 45.0 Å². The lowest BCUT2D eigenvalue weighted by Crippen LogP contribution is -2.46. The van der Waals surface area contributed by atoms with Crippen molar-refractivity contribution in [3.8, 4) is 0 Å². The number of carbonyl (C=O) groups is 3. The van der Waals surface area contributed by atoms with Gasteiger partial charge in [0, 0.05) is 6.04 Å². The van der Waals surface area contributed by atoms with E-state index in [1.54, 1.807) is 6.92 Å². The molecule has 1 unspecified atom stereocenters. The van der Waals surface area contributed by atoms with Crippen LogP contribution in [0, 0.1) is 11.8 Å². The van der Waals surface area contributed by atoms with E-state index in [4.69, 9.17) is 0 Å². The summed E-state index contributed by atoms with van der Waals surface area (Å²) < 4.78 is 0. The molecule has 1 aromatic carbocycles. The molecule has 4 rings (SSSR count). The van der Waals surface area contributed by atoms with Crippen molar-refractivity contribution in [2.75, 3.05) is 6.54 Å². The molecule has 1 aromatic rings. The molecule has 156 valence electrons. The zero-order chi connectivity index (χ0) is 21.0. The minimum absolute atomic E-state index is 0.00610. The molecule has 1 heterocycles. The Balaban J connectivity index is 1.45. The van der Waals surface area contributed by atoms with Crippen LogP contribution in [-0.2, 0) is 20.5 Å². The molecule has 2 N–H and O–H groups in total. The van der Waals surface area contributed by atoms with E-state index < -0.39 is 11.6 Å². The Bertz CT molecular complexity index is 822. The number of hydrogen-bond acceptors (Lipinski definition) is 3. The van der Waals surface area contributed by atoms with Gasteiger partial charge in [0.2, 0.25) is 5.91 Å². The predicted octanol–water partition coefficient (Wildman–Crippen LogP) is 3.06. The lowest BCUT2D eigenvalue weighted by Gasteiger charge is -2.25. The quantitative estimate of drug-likeness (QED) is 0.724. The third-order valence-corrected chi connectivity index (χ3v) is 6.49. The molecular weight excluding hydrogens is 366 g/mol. The summed E-state index contributed by atoms with van der Waals surface area (Å²) in [5.74, 6) is 0.516. The molecule has 6 nitrogen and oxygen atoms in total. The van der Waals surface area contributed by atoms with Crippen LogP contribution in [0.5, 0.6) is 0 Å². The first-order valence-corrected chi connectivity index (χ1v) is 10.6. The SMILES string of the molecule is CC(C)(C)c1ccc(C2(C)NC(=O)N(CC(=O)NC(C3CC3)C3CC3)C2=O)cc1. The first-order valence-electron chi connectivity index (χ1n) is 10.6. The highest BCUT2D eigenvalue weighted by molar-refractivity contribution is 6.09. The van der Waals surface area contributed by atoms with E-state index in [1.807, 2.05) is 24.3 Å². The highest BCUT2D eigenvalue weighted by Crippen LogP contribution is 2.44. The first kappa shape index (κ1) is 19.9. The third-order valence-electron chi connectivity index (χ3n) is 6.49. The molecule has 29 heavy (non-hydrogen) atoms. The zero-order valence-corrected chi connectivity index (χ0v) is 17.7. The molecule has 1 atom stereocenters. The fourth-order valence-electron chi connectivity index (χ4n) is 4.25. The molecule has 1 aliphatic heterocycles. The number of rotatable bonds is 6. The standard InChI is InChI=1S/C23H31N3O3/c1-22(2,3)16-9-11-17(12-10-16)23(4)20(28)26(21(29)25-23)13-18(27)24-19(14-5-6-14)15-7-8-15/h9-12,14-15,19H,5-8,13H2,1-4H3,(H,24,27)(H,25,29). The monoisotopic (exact) mass is 397 g/mol. The Kier molecular flexibility index (Phi) is 4.71. The molecule has 3 fully saturated rings. The number of urea groups is 1. The summed E-state index contributed by atoms with van der Waals surface area (Å²) >= 11 is 0. The number of carbonyl (C=O) groups excluding carboxylic acids is 3. The molecule has 6 heteroatoms. The van der Waals surface area contributed by atoms with Crippen molar-refractivity contribution < 1.29 is 14.4 Å². The second kappa shape index (κ2) is 6.85. The van der Waals surface area contributed by atoms with Gasteiger partial charge in [0.05, 0.1) is 0 Å². The Labute approximate surface area is 172 Å². The van der Waals surface area contributed by atoms with Crippen LogP contribution in [0.15, 0.2) is 24.3 Å². The highest BCUT2D eigenvalue weighted by Gasteiger charge is 2.50. The van der Waals surface area contributed by atoms with Crippen molar-refractivity contribution in [2.45, 2.75) is 70.4 Å². The lowest BCUT2D eigenvalue weighted by molar-refractivity contribution is -0.135. The Morgan fingerprint density at radius 1 is 1.14 bits per heavy atom. The van der Waals surface area contributed by atoms with Gasteiger partial charge in [-0.3, -0.25) is 14.5 Å². The maximum Gasteiger partial charge on any atom is 0.325 e. The van der Waals surface area contributed by atoms with Crippen LogP contribution >= 0.6 is 0 Å². The van der Waals surface area contributed by atoms with Crippen LogP contribution in [0.4, 0.5) is 4.79 Å². The lowest BCUT2D eigenvalue weighted by atomic mass is 9.84. The molecule has 0 radical (unpaired) electrons. The summed E-state index contributed by atoms with van der Waals surface area (Å²) in [5.41, 5.74) is 0.733. The van der Waals surface area contributed by atoms with E-state index in [9.17, 15) is 14.4 Å². The largest absolute Gasteiger partial charge is 0.351 e. The van der Waals surface area contributed by atoms with Crippen LogP contribution in [0.2, 0.25) is 0 Å². The molecule has 0 bridgehead atoms. The van der Waals surface area contributed by atoms with Gasteiger partial charge in [0.25, 0.3) is 5.91 Å². The van der Waals surface area contributed by atoms with Crippen molar-refractivity contribution >= 4 is 17.8 Å². The molecule has 2 saturated carbocycles. The van der Waals surface area contributed by atoms with Gasteiger partial charge in [-0.2, -0.15) is 0 Å². The van der Waals surface area contributed by atoms with Gasteiger partial charge in [-0.15, -0.1) is 0 Å². The zero-order valence-electron chi connectivity index (χ0n) is 17.7. The van der Waals surface area contributed by atoms with E-state index >= 15 is 0 Å². The number of benzene rings is 1. The fraction of sp³-hybridized carbons (Fsp3) is 0.609. The van der Waals surface area contributed by atoms with Crippen molar-refractivity contribution in [3.05, 3.63) is 35.4 Å². The molecule has 0 aromatic heterocycles. The molecule has 1 saturated heterocycles. The number of nitrogens with one attached hydrogen (secondary N) is 2. The first-order chi connectivity index (χ1) is 13.6. The Morgan fingerprint density at radius 3 is 2.17 bits per heavy atom. The maximum atomic E-state index is 13.1. The van der Waals surface area contributed by atoms with Crippen LogP contribution < -0.4 is 10.6 Å². The Hall–Kier alpha value is -2.37. The Morgan fingerprint density at radius 2 is 1.69 bits per heavy atom. The number of nitrogens with zero attached hydrogens (tertiary/aromatic N) is 1. The highest BCUT2D eigenvalue weighted by atomic mass is 16.2. The summed E-state index contributed by atoms with van der Waals surface area (Å²) in [6.45, 7) is 7.86. The van der Waals surface area contributed by atoms with E-state index in [-0.39, 0.29) is 29.8 Å². The van der Waals surface area contributed by atoms with Crippen LogP contribution in [-0.4, -0.2) is 35.3 Å². The van der Waals surface area contributed by atoms with E-state index in [2.05, 4.69) is 31.4 Å². The predicted molar refractivity (Wildman–Crippen MR) is 110 cm³/mol. The summed E-state index contributed by atoms with van der Waals surface area (Å²) in [4.78, 5) is 39.3. The van der Waals surface area contributed by atoms with E-state index in [0.717, 1.165) is 41.7 Å². The van der Waals surface area contributed by atoms with Crippen molar-refractivity contribution in [2.24, 2.45) is 11.8 Å². The van der Waals surface area contributed by atoms with Crippen LogP contribution in [0.25, 0.3) is 0 Å². The fourth-order valence-corrected chi connectivity index (χ4v) is 4.25. The molecule has 0 spiro atoms. The van der Waals surface area contributed by atoms with E-state index in [1.165, 1.54) is 0 Å². The average molecular weight is 398 g/mol.